The van der Waals surface area contributed by atoms with E-state index in [2.05, 4.69) is 20.6 Å². The maximum Gasteiger partial charge on any atom is 0.498 e. The lowest BCUT2D eigenvalue weighted by molar-refractivity contribution is 0.00578. The summed E-state index contributed by atoms with van der Waals surface area (Å²) in [5.41, 5.74) is -0.547. The molecule has 1 aliphatic heterocycles. The normalized spacial score (nSPS) is 25.6. The minimum atomic E-state index is -0.520. The Morgan fingerprint density at radius 1 is 1.07 bits per heavy atom. The highest BCUT2D eigenvalue weighted by molar-refractivity contribution is 6.61. The number of hydrogen-bond donors (Lipinski definition) is 2. The molecule has 0 bridgehead atoms. The van der Waals surface area contributed by atoms with Crippen LogP contribution < -0.4 is 16.1 Å². The maximum atomic E-state index is 12.2. The van der Waals surface area contributed by atoms with Crippen LogP contribution in [-0.2, 0) is 14.0 Å². The second-order valence-corrected chi connectivity index (χ2v) is 10.2. The number of anilines is 1. The minimum Gasteiger partial charge on any atom is -0.444 e. The molecule has 0 unspecified atom stereocenters. The topological polar surface area (TPSA) is 94.6 Å². The van der Waals surface area contributed by atoms with Gasteiger partial charge in [0, 0.05) is 23.9 Å². The molecule has 2 heterocycles. The zero-order chi connectivity index (χ0) is 22.2. The van der Waals surface area contributed by atoms with Gasteiger partial charge in [0.25, 0.3) is 0 Å². The molecule has 2 fully saturated rings. The Bertz CT molecular complexity index is 732. The summed E-state index contributed by atoms with van der Waals surface area (Å²) in [5.74, 6) is 0.526. The first kappa shape index (κ1) is 22.8. The third-order valence-corrected chi connectivity index (χ3v) is 5.98. The molecule has 0 aromatic carbocycles. The average Bonchev–Trinajstić information content (AvgIpc) is 2.83. The Morgan fingerprint density at radius 3 is 2.13 bits per heavy atom. The van der Waals surface area contributed by atoms with E-state index < -0.39 is 30.0 Å². The fourth-order valence-corrected chi connectivity index (χ4v) is 3.61. The van der Waals surface area contributed by atoms with E-state index in [-0.39, 0.29) is 12.1 Å². The molecular formula is C21H35BN4O4. The Morgan fingerprint density at radius 2 is 1.60 bits per heavy atom. The Balaban J connectivity index is 1.62. The lowest BCUT2D eigenvalue weighted by Gasteiger charge is -2.33. The fraction of sp³-hybridized carbons (Fsp3) is 0.762. The smallest absolute Gasteiger partial charge is 0.444 e. The molecule has 1 aromatic rings. The molecule has 1 aliphatic carbocycles. The average molecular weight is 418 g/mol. The van der Waals surface area contributed by atoms with Crippen molar-refractivity contribution >= 4 is 24.6 Å². The third-order valence-electron chi connectivity index (χ3n) is 5.98. The highest BCUT2D eigenvalue weighted by Crippen LogP contribution is 2.36. The number of ether oxygens (including phenoxy) is 1. The van der Waals surface area contributed by atoms with Crippen LogP contribution in [0.5, 0.6) is 0 Å². The van der Waals surface area contributed by atoms with E-state index in [1.165, 1.54) is 0 Å². The number of nitrogens with one attached hydrogen (secondary N) is 2. The van der Waals surface area contributed by atoms with E-state index in [1.807, 2.05) is 48.5 Å². The number of carbonyl (C=O) groups excluding carboxylic acids is 1. The van der Waals surface area contributed by atoms with Gasteiger partial charge < -0.3 is 24.7 Å². The van der Waals surface area contributed by atoms with Gasteiger partial charge in [0.05, 0.1) is 17.2 Å². The Labute approximate surface area is 180 Å². The summed E-state index contributed by atoms with van der Waals surface area (Å²) in [5, 5.41) is 6.38. The van der Waals surface area contributed by atoms with Crippen molar-refractivity contribution in [2.75, 3.05) is 5.32 Å². The van der Waals surface area contributed by atoms with Crippen LogP contribution in [0.4, 0.5) is 10.7 Å². The number of amides is 1. The van der Waals surface area contributed by atoms with E-state index in [4.69, 9.17) is 14.0 Å². The maximum absolute atomic E-state index is 12.2. The second-order valence-electron chi connectivity index (χ2n) is 10.2. The predicted molar refractivity (Wildman–Crippen MR) is 117 cm³/mol. The summed E-state index contributed by atoms with van der Waals surface area (Å²) < 4.78 is 17.5. The van der Waals surface area contributed by atoms with Gasteiger partial charge in [-0.05, 0) is 61.3 Å². The number of aromatic nitrogens is 2. The third kappa shape index (κ3) is 5.43. The summed E-state index contributed by atoms with van der Waals surface area (Å²) in [6, 6.07) is 0.0222. The van der Waals surface area contributed by atoms with Crippen molar-refractivity contribution in [3.63, 3.8) is 0 Å². The zero-order valence-electron chi connectivity index (χ0n) is 19.2. The van der Waals surface area contributed by atoms with Crippen LogP contribution in [0, 0.1) is 0 Å². The van der Waals surface area contributed by atoms with Gasteiger partial charge >= 0.3 is 13.2 Å². The summed E-state index contributed by atoms with van der Waals surface area (Å²) in [4.78, 5) is 21.1. The largest absolute Gasteiger partial charge is 0.498 e. The van der Waals surface area contributed by atoms with Crippen LogP contribution in [0.2, 0.25) is 0 Å². The van der Waals surface area contributed by atoms with Gasteiger partial charge in [0.1, 0.15) is 5.60 Å². The van der Waals surface area contributed by atoms with E-state index in [1.54, 1.807) is 12.4 Å². The summed E-state index contributed by atoms with van der Waals surface area (Å²) in [6.45, 7) is 13.7. The first-order valence-electron chi connectivity index (χ1n) is 10.8. The van der Waals surface area contributed by atoms with Gasteiger partial charge in [-0.2, -0.15) is 0 Å². The van der Waals surface area contributed by atoms with Crippen LogP contribution in [0.25, 0.3) is 0 Å². The molecule has 1 saturated carbocycles. The number of carbonyl (C=O) groups is 1. The SMILES string of the molecule is CC(C)(C)OC(=O)N[C@H]1CCCC[C@H]1Nc1ncc(B2OC(C)(C)C(C)(C)O2)cn1. The molecule has 30 heavy (non-hydrogen) atoms. The number of alkyl carbamates (subject to hydrolysis) is 1. The molecule has 1 aromatic heterocycles. The highest BCUT2D eigenvalue weighted by Gasteiger charge is 2.52. The molecule has 2 N–H and O–H groups in total. The van der Waals surface area contributed by atoms with Gasteiger partial charge in [-0.3, -0.25) is 0 Å². The van der Waals surface area contributed by atoms with Crippen molar-refractivity contribution in [1.82, 2.24) is 15.3 Å². The quantitative estimate of drug-likeness (QED) is 0.726. The Kier molecular flexibility index (Phi) is 6.34. The van der Waals surface area contributed by atoms with E-state index >= 15 is 0 Å². The van der Waals surface area contributed by atoms with Gasteiger partial charge in [-0.25, -0.2) is 14.8 Å². The van der Waals surface area contributed by atoms with Crippen LogP contribution in [0.15, 0.2) is 12.4 Å². The monoisotopic (exact) mass is 418 g/mol. The van der Waals surface area contributed by atoms with Crippen molar-refractivity contribution in [3.05, 3.63) is 12.4 Å². The predicted octanol–water partition coefficient (Wildman–Crippen LogP) is 3.02. The van der Waals surface area contributed by atoms with E-state index in [0.29, 0.717) is 5.95 Å². The fourth-order valence-electron chi connectivity index (χ4n) is 3.61. The van der Waals surface area contributed by atoms with Gasteiger partial charge in [0.15, 0.2) is 0 Å². The first-order valence-corrected chi connectivity index (χ1v) is 10.8. The van der Waals surface area contributed by atoms with Crippen molar-refractivity contribution in [2.45, 2.75) is 103 Å². The summed E-state index contributed by atoms with van der Waals surface area (Å²) >= 11 is 0. The lowest BCUT2D eigenvalue weighted by Crippen LogP contribution is -2.50. The molecule has 9 heteroatoms. The molecule has 1 saturated heterocycles. The van der Waals surface area contributed by atoms with Crippen molar-refractivity contribution in [1.29, 1.82) is 0 Å². The zero-order valence-corrected chi connectivity index (χ0v) is 19.2. The molecule has 0 radical (unpaired) electrons. The van der Waals surface area contributed by atoms with E-state index in [0.717, 1.165) is 31.1 Å². The van der Waals surface area contributed by atoms with Crippen LogP contribution in [0.3, 0.4) is 0 Å². The lowest BCUT2D eigenvalue weighted by atomic mass is 9.81. The molecule has 1 amide bonds. The number of rotatable bonds is 4. The number of nitrogens with zero attached hydrogens (tertiary/aromatic N) is 2. The van der Waals surface area contributed by atoms with Crippen molar-refractivity contribution in [2.24, 2.45) is 0 Å². The van der Waals surface area contributed by atoms with Gasteiger partial charge in [-0.1, -0.05) is 12.8 Å². The molecule has 3 rings (SSSR count). The second kappa shape index (κ2) is 8.34. The van der Waals surface area contributed by atoms with Crippen LogP contribution >= 0.6 is 0 Å². The molecule has 166 valence electrons. The summed E-state index contributed by atoms with van der Waals surface area (Å²) in [6.07, 6.45) is 7.06. The molecule has 8 nitrogen and oxygen atoms in total. The van der Waals surface area contributed by atoms with Crippen molar-refractivity contribution in [3.8, 4) is 0 Å². The molecule has 2 atom stereocenters. The van der Waals surface area contributed by atoms with Crippen LogP contribution in [0.1, 0.15) is 74.1 Å². The molecular weight excluding hydrogens is 383 g/mol. The van der Waals surface area contributed by atoms with E-state index in [9.17, 15) is 4.79 Å². The minimum absolute atomic E-state index is 0.0278. The molecule has 0 spiro atoms. The van der Waals surface area contributed by atoms with Gasteiger partial charge in [-0.15, -0.1) is 0 Å². The van der Waals surface area contributed by atoms with Gasteiger partial charge in [0.2, 0.25) is 5.95 Å². The standard InChI is InChI=1S/C21H35BN4O4/c1-19(2,3)28-18(27)26-16-11-9-8-10-15(16)25-17-23-12-14(13-24-17)22-29-20(4,5)21(6,7)30-22/h12-13,15-16H,8-11H2,1-7H3,(H,26,27)(H,23,24,25)/t15-,16+/m1/s1. The first-order chi connectivity index (χ1) is 13.9. The summed E-state index contributed by atoms with van der Waals surface area (Å²) in [7, 11) is -0.486. The van der Waals surface area contributed by atoms with Crippen molar-refractivity contribution < 1.29 is 18.8 Å². The molecule has 2 aliphatic rings. The Hall–Kier alpha value is -1.87. The van der Waals surface area contributed by atoms with Crippen LogP contribution in [-0.4, -0.2) is 52.1 Å². The number of hydrogen-bond acceptors (Lipinski definition) is 7. The highest BCUT2D eigenvalue weighted by atomic mass is 16.7.